The summed E-state index contributed by atoms with van der Waals surface area (Å²) < 4.78 is 53.4. The van der Waals surface area contributed by atoms with Gasteiger partial charge in [-0.3, -0.25) is 4.98 Å². The first kappa shape index (κ1) is 16.2. The summed E-state index contributed by atoms with van der Waals surface area (Å²) in [7, 11) is 0. The molecule has 1 aliphatic heterocycles. The van der Waals surface area contributed by atoms with Crippen LogP contribution in [-0.2, 0) is 6.18 Å². The molecule has 1 N–H and O–H groups in total. The lowest BCUT2D eigenvalue weighted by Gasteiger charge is -2.24. The molecule has 0 fully saturated rings. The second-order valence-electron chi connectivity index (χ2n) is 5.64. The minimum atomic E-state index is -4.67. The SMILES string of the molecule is Fc1ccc(C2=CC(c3cccnc3)n3nc(C(F)(F)F)nc3N2)cc1. The number of pyridine rings is 1. The second-order valence-corrected chi connectivity index (χ2v) is 5.64. The lowest BCUT2D eigenvalue weighted by Crippen LogP contribution is -2.20. The average molecular weight is 361 g/mol. The molecule has 2 aromatic heterocycles. The Hall–Kier alpha value is -3.23. The number of alkyl halides is 3. The van der Waals surface area contributed by atoms with Gasteiger partial charge in [0.05, 0.1) is 0 Å². The smallest absolute Gasteiger partial charge is 0.324 e. The summed E-state index contributed by atoms with van der Waals surface area (Å²) in [4.78, 5) is 7.59. The first-order valence-electron chi connectivity index (χ1n) is 7.60. The highest BCUT2D eigenvalue weighted by molar-refractivity contribution is 5.77. The number of benzene rings is 1. The zero-order valence-corrected chi connectivity index (χ0v) is 13.1. The van der Waals surface area contributed by atoms with E-state index in [9.17, 15) is 17.6 Å². The largest absolute Gasteiger partial charge is 0.453 e. The zero-order valence-electron chi connectivity index (χ0n) is 13.1. The highest BCUT2D eigenvalue weighted by Crippen LogP contribution is 2.35. The highest BCUT2D eigenvalue weighted by Gasteiger charge is 2.39. The Balaban J connectivity index is 1.83. The normalized spacial score (nSPS) is 16.6. The van der Waals surface area contributed by atoms with Crippen LogP contribution in [0, 0.1) is 5.82 Å². The van der Waals surface area contributed by atoms with Crippen molar-refractivity contribution >= 4 is 11.6 Å². The molecule has 1 unspecified atom stereocenters. The Labute approximate surface area is 145 Å². The summed E-state index contributed by atoms with van der Waals surface area (Å²) in [5.41, 5.74) is 1.77. The minimum absolute atomic E-state index is 0.0481. The van der Waals surface area contributed by atoms with Crippen molar-refractivity contribution in [1.29, 1.82) is 0 Å². The number of hydrogen-bond donors (Lipinski definition) is 1. The summed E-state index contributed by atoms with van der Waals surface area (Å²) in [5.74, 6) is -1.69. The maximum atomic E-state index is 13.2. The van der Waals surface area contributed by atoms with Gasteiger partial charge in [0.2, 0.25) is 5.95 Å². The predicted molar refractivity (Wildman–Crippen MR) is 85.4 cm³/mol. The van der Waals surface area contributed by atoms with E-state index >= 15 is 0 Å². The fourth-order valence-corrected chi connectivity index (χ4v) is 2.70. The van der Waals surface area contributed by atoms with Gasteiger partial charge in [-0.1, -0.05) is 6.07 Å². The molecule has 3 aromatic rings. The third-order valence-corrected chi connectivity index (χ3v) is 3.90. The number of rotatable bonds is 2. The molecule has 0 radical (unpaired) electrons. The number of allylic oxidation sites excluding steroid dienone is 1. The monoisotopic (exact) mass is 361 g/mol. The van der Waals surface area contributed by atoms with E-state index in [1.54, 1.807) is 30.6 Å². The Kier molecular flexibility index (Phi) is 3.71. The zero-order chi connectivity index (χ0) is 18.3. The van der Waals surface area contributed by atoms with E-state index in [0.717, 1.165) is 4.68 Å². The van der Waals surface area contributed by atoms with Crippen molar-refractivity contribution in [3.63, 3.8) is 0 Å². The molecule has 132 valence electrons. The van der Waals surface area contributed by atoms with Crippen LogP contribution in [0.5, 0.6) is 0 Å². The van der Waals surface area contributed by atoms with Gasteiger partial charge in [0.25, 0.3) is 5.82 Å². The standard InChI is InChI=1S/C17H11F4N5/c18-12-5-3-10(4-6-12)13-8-14(11-2-1-7-22-9-11)26-16(23-13)24-15(25-26)17(19,20)21/h1-9,14H,(H,23,24,25). The molecule has 0 saturated heterocycles. The van der Waals surface area contributed by atoms with E-state index in [-0.39, 0.29) is 5.95 Å². The number of aromatic nitrogens is 4. The van der Waals surface area contributed by atoms with E-state index in [0.29, 0.717) is 16.8 Å². The molecule has 0 amide bonds. The van der Waals surface area contributed by atoms with E-state index < -0.39 is 23.9 Å². The maximum Gasteiger partial charge on any atom is 0.453 e. The van der Waals surface area contributed by atoms with E-state index in [1.807, 2.05) is 0 Å². The number of halogens is 4. The molecule has 0 bridgehead atoms. The number of nitrogens with one attached hydrogen (secondary N) is 1. The van der Waals surface area contributed by atoms with Gasteiger partial charge < -0.3 is 5.32 Å². The molecular formula is C17H11F4N5. The van der Waals surface area contributed by atoms with E-state index in [2.05, 4.69) is 20.4 Å². The lowest BCUT2D eigenvalue weighted by atomic mass is 10.0. The van der Waals surface area contributed by atoms with Crippen molar-refractivity contribution in [3.8, 4) is 0 Å². The van der Waals surface area contributed by atoms with Crippen LogP contribution in [0.2, 0.25) is 0 Å². The van der Waals surface area contributed by atoms with E-state index in [1.165, 1.54) is 24.3 Å². The van der Waals surface area contributed by atoms with E-state index in [4.69, 9.17) is 0 Å². The lowest BCUT2D eigenvalue weighted by molar-refractivity contribution is -0.145. The fraction of sp³-hybridized carbons (Fsp3) is 0.118. The molecule has 9 heteroatoms. The number of fused-ring (bicyclic) bond motifs is 1. The van der Waals surface area contributed by atoms with Crippen LogP contribution < -0.4 is 5.32 Å². The minimum Gasteiger partial charge on any atom is -0.324 e. The third-order valence-electron chi connectivity index (χ3n) is 3.90. The predicted octanol–water partition coefficient (Wildman–Crippen LogP) is 3.89. The molecule has 1 aliphatic rings. The molecular weight excluding hydrogens is 350 g/mol. The van der Waals surface area contributed by atoms with Crippen LogP contribution >= 0.6 is 0 Å². The molecule has 0 spiro atoms. The summed E-state index contributed by atoms with van der Waals surface area (Å²) in [5, 5.41) is 6.44. The van der Waals surface area contributed by atoms with Crippen molar-refractivity contribution in [2.75, 3.05) is 5.32 Å². The van der Waals surface area contributed by atoms with Crippen LogP contribution in [0.15, 0.2) is 54.9 Å². The van der Waals surface area contributed by atoms with Gasteiger partial charge in [0.15, 0.2) is 0 Å². The van der Waals surface area contributed by atoms with Crippen molar-refractivity contribution in [2.24, 2.45) is 0 Å². The van der Waals surface area contributed by atoms with Crippen molar-refractivity contribution in [1.82, 2.24) is 19.7 Å². The van der Waals surface area contributed by atoms with Gasteiger partial charge in [0, 0.05) is 18.1 Å². The van der Waals surface area contributed by atoms with Crippen LogP contribution in [0.25, 0.3) is 5.70 Å². The molecule has 0 aliphatic carbocycles. The third kappa shape index (κ3) is 2.92. The molecule has 3 heterocycles. The Morgan fingerprint density at radius 2 is 1.85 bits per heavy atom. The fourth-order valence-electron chi connectivity index (χ4n) is 2.70. The number of hydrogen-bond acceptors (Lipinski definition) is 4. The summed E-state index contributed by atoms with van der Waals surface area (Å²) in [6.07, 6.45) is 0.152. The van der Waals surface area contributed by atoms with Crippen LogP contribution in [-0.4, -0.2) is 19.7 Å². The Bertz CT molecular complexity index is 961. The highest BCUT2D eigenvalue weighted by atomic mass is 19.4. The topological polar surface area (TPSA) is 55.6 Å². The summed E-state index contributed by atoms with van der Waals surface area (Å²) >= 11 is 0. The van der Waals surface area contributed by atoms with Crippen LogP contribution in [0.1, 0.15) is 23.0 Å². The van der Waals surface area contributed by atoms with Gasteiger partial charge in [-0.2, -0.15) is 18.2 Å². The second kappa shape index (κ2) is 5.94. The number of nitrogens with zero attached hydrogens (tertiary/aromatic N) is 4. The summed E-state index contributed by atoms with van der Waals surface area (Å²) in [6.45, 7) is 0. The quantitative estimate of drug-likeness (QED) is 0.704. The van der Waals surface area contributed by atoms with Gasteiger partial charge in [0.1, 0.15) is 11.9 Å². The van der Waals surface area contributed by atoms with Crippen LogP contribution in [0.4, 0.5) is 23.5 Å². The first-order chi connectivity index (χ1) is 12.4. The Morgan fingerprint density at radius 3 is 2.50 bits per heavy atom. The number of anilines is 1. The molecule has 1 atom stereocenters. The van der Waals surface area contributed by atoms with Crippen molar-refractivity contribution in [2.45, 2.75) is 12.2 Å². The van der Waals surface area contributed by atoms with Gasteiger partial charge >= 0.3 is 6.18 Å². The van der Waals surface area contributed by atoms with Gasteiger partial charge in [-0.15, -0.1) is 5.10 Å². The molecule has 4 rings (SSSR count). The van der Waals surface area contributed by atoms with Crippen LogP contribution in [0.3, 0.4) is 0 Å². The molecule has 0 saturated carbocycles. The first-order valence-corrected chi connectivity index (χ1v) is 7.60. The Morgan fingerprint density at radius 1 is 1.08 bits per heavy atom. The maximum absolute atomic E-state index is 13.2. The summed E-state index contributed by atoms with van der Waals surface area (Å²) in [6, 6.07) is 8.40. The molecule has 1 aromatic carbocycles. The van der Waals surface area contributed by atoms with Crippen molar-refractivity contribution < 1.29 is 17.6 Å². The van der Waals surface area contributed by atoms with Gasteiger partial charge in [-0.05, 0) is 47.5 Å². The average Bonchev–Trinajstić information content (AvgIpc) is 3.07. The molecule has 26 heavy (non-hydrogen) atoms. The van der Waals surface area contributed by atoms with Gasteiger partial charge in [-0.25, -0.2) is 9.07 Å². The van der Waals surface area contributed by atoms with Crippen molar-refractivity contribution in [3.05, 3.63) is 77.6 Å². The molecule has 5 nitrogen and oxygen atoms in total.